The monoisotopic (exact) mass is 379 g/mol. The highest BCUT2D eigenvalue weighted by Gasteiger charge is 2.09. The van der Waals surface area contributed by atoms with Gasteiger partial charge >= 0.3 is 0 Å². The summed E-state index contributed by atoms with van der Waals surface area (Å²) >= 11 is 6.17. The highest BCUT2D eigenvalue weighted by atomic mass is 35.5. The molecule has 0 bridgehead atoms. The Kier molecular flexibility index (Phi) is 4.39. The third kappa shape index (κ3) is 3.42. The zero-order valence-corrected chi connectivity index (χ0v) is 15.0. The van der Waals surface area contributed by atoms with Gasteiger partial charge in [0.05, 0.1) is 5.69 Å². The molecule has 1 aromatic carbocycles. The number of hydrogen-bond donors (Lipinski definition) is 1. The van der Waals surface area contributed by atoms with Crippen molar-refractivity contribution in [1.82, 2.24) is 29.6 Å². The number of aromatic nitrogens is 6. The summed E-state index contributed by atoms with van der Waals surface area (Å²) in [7, 11) is 1.75. The standard InChI is InChI=1S/C18H14ClN7O/c1-25-18(22-23-24-25)12-5-4-6-13(11-12)20-16(27)9-8-14-17(19)21-15-7-2-3-10-26(14)15/h2-11H,1H3,(H,20,27)/b9-8+. The van der Waals surface area contributed by atoms with E-state index in [2.05, 4.69) is 25.8 Å². The van der Waals surface area contributed by atoms with Crippen LogP contribution >= 0.6 is 11.6 Å². The van der Waals surface area contributed by atoms with Crippen LogP contribution < -0.4 is 5.32 Å². The van der Waals surface area contributed by atoms with E-state index in [9.17, 15) is 4.79 Å². The lowest BCUT2D eigenvalue weighted by Crippen LogP contribution is -2.08. The normalized spacial score (nSPS) is 11.3. The Hall–Kier alpha value is -3.52. The number of fused-ring (bicyclic) bond motifs is 1. The highest BCUT2D eigenvalue weighted by molar-refractivity contribution is 6.31. The number of rotatable bonds is 4. The molecule has 0 saturated heterocycles. The van der Waals surface area contributed by atoms with Crippen LogP contribution in [0.2, 0.25) is 5.15 Å². The molecule has 0 fully saturated rings. The molecule has 0 radical (unpaired) electrons. The molecule has 9 heteroatoms. The minimum atomic E-state index is -0.287. The van der Waals surface area contributed by atoms with Crippen LogP contribution in [0, 0.1) is 0 Å². The topological polar surface area (TPSA) is 90.0 Å². The number of imidazole rings is 1. The van der Waals surface area contributed by atoms with Gasteiger partial charge in [-0.1, -0.05) is 29.8 Å². The molecule has 3 heterocycles. The van der Waals surface area contributed by atoms with Crippen molar-refractivity contribution in [3.05, 3.63) is 65.6 Å². The van der Waals surface area contributed by atoms with E-state index in [4.69, 9.17) is 11.6 Å². The number of carbonyl (C=O) groups excluding carboxylic acids is 1. The Labute approximate surface area is 159 Å². The number of hydrogen-bond acceptors (Lipinski definition) is 5. The number of tetrazole rings is 1. The van der Waals surface area contributed by atoms with Gasteiger partial charge in [0, 0.05) is 30.6 Å². The van der Waals surface area contributed by atoms with Crippen molar-refractivity contribution in [2.45, 2.75) is 0 Å². The van der Waals surface area contributed by atoms with Crippen molar-refractivity contribution in [2.75, 3.05) is 5.32 Å². The summed E-state index contributed by atoms with van der Waals surface area (Å²) in [5.74, 6) is 0.323. The molecule has 0 atom stereocenters. The number of nitrogens with zero attached hydrogens (tertiary/aromatic N) is 6. The average Bonchev–Trinajstić information content (AvgIpc) is 3.22. The first-order valence-corrected chi connectivity index (χ1v) is 8.44. The summed E-state index contributed by atoms with van der Waals surface area (Å²) in [6.07, 6.45) is 4.89. The number of benzene rings is 1. The molecule has 3 aromatic heterocycles. The Balaban J connectivity index is 1.54. The molecular formula is C18H14ClN7O. The zero-order chi connectivity index (χ0) is 18.8. The van der Waals surface area contributed by atoms with Crippen LogP contribution in [0.5, 0.6) is 0 Å². The van der Waals surface area contributed by atoms with Crippen molar-refractivity contribution in [2.24, 2.45) is 7.05 Å². The van der Waals surface area contributed by atoms with Crippen molar-refractivity contribution in [3.8, 4) is 11.4 Å². The number of aryl methyl sites for hydroxylation is 1. The fourth-order valence-electron chi connectivity index (χ4n) is 2.68. The fourth-order valence-corrected chi connectivity index (χ4v) is 2.92. The summed E-state index contributed by atoms with van der Waals surface area (Å²) in [4.78, 5) is 16.6. The molecule has 1 N–H and O–H groups in total. The van der Waals surface area contributed by atoms with Crippen molar-refractivity contribution in [1.29, 1.82) is 0 Å². The number of anilines is 1. The number of pyridine rings is 1. The van der Waals surface area contributed by atoms with Gasteiger partial charge in [0.15, 0.2) is 11.0 Å². The average molecular weight is 380 g/mol. The van der Waals surface area contributed by atoms with E-state index < -0.39 is 0 Å². The van der Waals surface area contributed by atoms with Gasteiger partial charge in [-0.3, -0.25) is 9.20 Å². The summed E-state index contributed by atoms with van der Waals surface area (Å²) in [6, 6.07) is 12.9. The quantitative estimate of drug-likeness (QED) is 0.551. The van der Waals surface area contributed by atoms with Crippen LogP contribution in [0.4, 0.5) is 5.69 Å². The molecule has 1 amide bonds. The SMILES string of the molecule is Cn1nnnc1-c1cccc(NC(=O)/C=C/c2c(Cl)nc3ccccn23)c1. The van der Waals surface area contributed by atoms with Crippen LogP contribution in [-0.4, -0.2) is 35.5 Å². The first-order valence-electron chi connectivity index (χ1n) is 8.06. The molecule has 0 unspecified atom stereocenters. The van der Waals surface area contributed by atoms with Gasteiger partial charge in [-0.25, -0.2) is 9.67 Å². The third-order valence-electron chi connectivity index (χ3n) is 3.92. The molecule has 0 saturated carbocycles. The second-order valence-electron chi connectivity index (χ2n) is 5.75. The van der Waals surface area contributed by atoms with Crippen molar-refractivity contribution in [3.63, 3.8) is 0 Å². The van der Waals surface area contributed by atoms with Gasteiger partial charge in [-0.15, -0.1) is 5.10 Å². The van der Waals surface area contributed by atoms with E-state index in [1.807, 2.05) is 40.9 Å². The molecule has 0 spiro atoms. The van der Waals surface area contributed by atoms with E-state index in [1.54, 1.807) is 29.9 Å². The molecule has 4 rings (SSSR count). The first-order chi connectivity index (χ1) is 13.1. The van der Waals surface area contributed by atoms with E-state index in [-0.39, 0.29) is 5.91 Å². The molecular weight excluding hydrogens is 366 g/mol. The lowest BCUT2D eigenvalue weighted by molar-refractivity contribution is -0.111. The number of nitrogens with one attached hydrogen (secondary N) is 1. The van der Waals surface area contributed by atoms with E-state index in [1.165, 1.54) is 6.08 Å². The van der Waals surface area contributed by atoms with Gasteiger partial charge in [0.1, 0.15) is 5.65 Å². The molecule has 27 heavy (non-hydrogen) atoms. The maximum Gasteiger partial charge on any atom is 0.248 e. The van der Waals surface area contributed by atoms with Crippen LogP contribution in [0.25, 0.3) is 23.1 Å². The van der Waals surface area contributed by atoms with Crippen molar-refractivity contribution >= 4 is 34.9 Å². The predicted molar refractivity (Wildman–Crippen MR) is 102 cm³/mol. The smallest absolute Gasteiger partial charge is 0.248 e. The first kappa shape index (κ1) is 16.9. The summed E-state index contributed by atoms with van der Waals surface area (Å²) in [5, 5.41) is 14.6. The number of amides is 1. The number of halogens is 1. The fraction of sp³-hybridized carbons (Fsp3) is 0.0556. The Morgan fingerprint density at radius 2 is 2.11 bits per heavy atom. The summed E-state index contributed by atoms with van der Waals surface area (Å²) < 4.78 is 3.38. The maximum atomic E-state index is 12.3. The highest BCUT2D eigenvalue weighted by Crippen LogP contribution is 2.21. The number of carbonyl (C=O) groups is 1. The van der Waals surface area contributed by atoms with Crippen molar-refractivity contribution < 1.29 is 4.79 Å². The van der Waals surface area contributed by atoms with Gasteiger partial charge < -0.3 is 5.32 Å². The molecule has 0 aliphatic carbocycles. The molecule has 8 nitrogen and oxygen atoms in total. The Morgan fingerprint density at radius 1 is 1.22 bits per heavy atom. The lowest BCUT2D eigenvalue weighted by atomic mass is 10.2. The second-order valence-corrected chi connectivity index (χ2v) is 6.10. The second kappa shape index (κ2) is 7.00. The van der Waals surface area contributed by atoms with E-state index in [0.29, 0.717) is 28.0 Å². The van der Waals surface area contributed by atoms with Gasteiger partial charge in [0.2, 0.25) is 5.91 Å². The molecule has 0 aliphatic rings. The van der Waals surface area contributed by atoms with Crippen LogP contribution in [0.15, 0.2) is 54.7 Å². The third-order valence-corrected chi connectivity index (χ3v) is 4.20. The zero-order valence-electron chi connectivity index (χ0n) is 14.2. The van der Waals surface area contributed by atoms with Crippen LogP contribution in [0.3, 0.4) is 0 Å². The van der Waals surface area contributed by atoms with Crippen LogP contribution in [-0.2, 0) is 11.8 Å². The molecule has 134 valence electrons. The maximum absolute atomic E-state index is 12.3. The minimum absolute atomic E-state index is 0.287. The largest absolute Gasteiger partial charge is 0.322 e. The Bertz CT molecular complexity index is 1160. The van der Waals surface area contributed by atoms with E-state index >= 15 is 0 Å². The minimum Gasteiger partial charge on any atom is -0.322 e. The summed E-state index contributed by atoms with van der Waals surface area (Å²) in [6.45, 7) is 0. The molecule has 0 aliphatic heterocycles. The summed E-state index contributed by atoms with van der Waals surface area (Å²) in [5.41, 5.74) is 2.79. The van der Waals surface area contributed by atoms with Gasteiger partial charge in [-0.2, -0.15) is 0 Å². The van der Waals surface area contributed by atoms with E-state index in [0.717, 1.165) is 5.56 Å². The lowest BCUT2D eigenvalue weighted by Gasteiger charge is -2.05. The molecule has 4 aromatic rings. The van der Waals surface area contributed by atoms with Gasteiger partial charge in [0.25, 0.3) is 0 Å². The van der Waals surface area contributed by atoms with Crippen LogP contribution in [0.1, 0.15) is 5.69 Å². The van der Waals surface area contributed by atoms with Gasteiger partial charge in [-0.05, 0) is 40.8 Å². The Morgan fingerprint density at radius 3 is 2.93 bits per heavy atom. The predicted octanol–water partition coefficient (Wildman–Crippen LogP) is 2.83.